The van der Waals surface area contributed by atoms with Gasteiger partial charge in [-0.2, -0.15) is 0 Å². The first-order valence-corrected chi connectivity index (χ1v) is 7.17. The van der Waals surface area contributed by atoms with Crippen LogP contribution in [0.2, 0.25) is 0 Å². The Morgan fingerprint density at radius 2 is 2.05 bits per heavy atom. The molecule has 0 bridgehead atoms. The summed E-state index contributed by atoms with van der Waals surface area (Å²) < 4.78 is 11.2. The molecule has 1 fully saturated rings. The first kappa shape index (κ1) is 12.6. The van der Waals surface area contributed by atoms with Gasteiger partial charge in [0, 0.05) is 31.4 Å². The van der Waals surface area contributed by atoms with E-state index in [-0.39, 0.29) is 0 Å². The molecule has 1 N–H and O–H groups in total. The standard InChI is InChI=1S/C15H22N2O2/c1-17(11-12-4-2-3-7-16-12)13-5-6-14-15(10-13)19-9-8-18-14/h5-6,10,12,16H,2-4,7-9,11H2,1H3. The summed E-state index contributed by atoms with van der Waals surface area (Å²) in [5, 5.41) is 3.58. The van der Waals surface area contributed by atoms with Crippen LogP contribution in [0.15, 0.2) is 18.2 Å². The molecule has 0 saturated carbocycles. The molecule has 3 rings (SSSR count). The number of anilines is 1. The lowest BCUT2D eigenvalue weighted by atomic mass is 10.0. The number of hydrogen-bond donors (Lipinski definition) is 1. The lowest BCUT2D eigenvalue weighted by Gasteiger charge is -2.30. The zero-order valence-electron chi connectivity index (χ0n) is 11.5. The Hall–Kier alpha value is -1.42. The van der Waals surface area contributed by atoms with Crippen LogP contribution in [0.5, 0.6) is 11.5 Å². The molecular weight excluding hydrogens is 240 g/mol. The molecule has 4 heteroatoms. The summed E-state index contributed by atoms with van der Waals surface area (Å²) in [6.07, 6.45) is 3.92. The van der Waals surface area contributed by atoms with Crippen molar-refractivity contribution in [1.29, 1.82) is 0 Å². The highest BCUT2D eigenvalue weighted by Crippen LogP contribution is 2.33. The lowest BCUT2D eigenvalue weighted by Crippen LogP contribution is -2.42. The van der Waals surface area contributed by atoms with Crippen molar-refractivity contribution in [1.82, 2.24) is 5.32 Å². The van der Waals surface area contributed by atoms with Crippen molar-refractivity contribution in [2.24, 2.45) is 0 Å². The fraction of sp³-hybridized carbons (Fsp3) is 0.600. The molecular formula is C15H22N2O2. The maximum atomic E-state index is 5.64. The second-order valence-corrected chi connectivity index (χ2v) is 5.36. The van der Waals surface area contributed by atoms with Crippen molar-refractivity contribution in [3.05, 3.63) is 18.2 Å². The molecule has 0 spiro atoms. The lowest BCUT2D eigenvalue weighted by molar-refractivity contribution is 0.171. The van der Waals surface area contributed by atoms with Crippen LogP contribution in [0.1, 0.15) is 19.3 Å². The summed E-state index contributed by atoms with van der Waals surface area (Å²) in [5.41, 5.74) is 1.19. The first-order chi connectivity index (χ1) is 9.33. The molecule has 0 aromatic heterocycles. The minimum absolute atomic E-state index is 0.604. The van der Waals surface area contributed by atoms with E-state index in [4.69, 9.17) is 9.47 Å². The first-order valence-electron chi connectivity index (χ1n) is 7.17. The van der Waals surface area contributed by atoms with Gasteiger partial charge in [0.05, 0.1) is 0 Å². The Morgan fingerprint density at radius 1 is 1.21 bits per heavy atom. The van der Waals surface area contributed by atoms with Gasteiger partial charge in [-0.3, -0.25) is 0 Å². The molecule has 2 heterocycles. The van der Waals surface area contributed by atoms with Crippen LogP contribution in [0, 0.1) is 0 Å². The van der Waals surface area contributed by atoms with E-state index in [0.717, 1.165) is 24.6 Å². The van der Waals surface area contributed by atoms with Crippen molar-refractivity contribution in [3.63, 3.8) is 0 Å². The summed E-state index contributed by atoms with van der Waals surface area (Å²) in [5.74, 6) is 1.73. The van der Waals surface area contributed by atoms with Crippen LogP contribution in [-0.2, 0) is 0 Å². The number of ether oxygens (including phenoxy) is 2. The number of nitrogens with one attached hydrogen (secondary N) is 1. The van der Waals surface area contributed by atoms with Crippen molar-refractivity contribution in [3.8, 4) is 11.5 Å². The topological polar surface area (TPSA) is 33.7 Å². The summed E-state index contributed by atoms with van der Waals surface area (Å²) in [7, 11) is 2.14. The monoisotopic (exact) mass is 262 g/mol. The smallest absolute Gasteiger partial charge is 0.163 e. The predicted molar refractivity (Wildman–Crippen MR) is 76.3 cm³/mol. The average Bonchev–Trinajstić information content (AvgIpc) is 2.48. The normalized spacial score (nSPS) is 22.1. The Kier molecular flexibility index (Phi) is 3.78. The van der Waals surface area contributed by atoms with Crippen LogP contribution in [-0.4, -0.2) is 39.4 Å². The molecule has 4 nitrogen and oxygen atoms in total. The van der Waals surface area contributed by atoms with Gasteiger partial charge in [-0.1, -0.05) is 6.42 Å². The number of rotatable bonds is 3. The van der Waals surface area contributed by atoms with Crippen molar-refractivity contribution in [2.45, 2.75) is 25.3 Å². The van der Waals surface area contributed by atoms with Crippen molar-refractivity contribution in [2.75, 3.05) is 38.3 Å². The van der Waals surface area contributed by atoms with Gasteiger partial charge in [-0.15, -0.1) is 0 Å². The highest BCUT2D eigenvalue weighted by Gasteiger charge is 2.17. The third kappa shape index (κ3) is 2.95. The molecule has 1 aromatic rings. The van der Waals surface area contributed by atoms with Gasteiger partial charge in [0.2, 0.25) is 0 Å². The highest BCUT2D eigenvalue weighted by atomic mass is 16.6. The third-order valence-corrected chi connectivity index (χ3v) is 3.87. The quantitative estimate of drug-likeness (QED) is 0.904. The maximum absolute atomic E-state index is 5.64. The number of nitrogens with zero attached hydrogens (tertiary/aromatic N) is 1. The van der Waals surface area contributed by atoms with Gasteiger partial charge in [0.1, 0.15) is 13.2 Å². The Labute approximate surface area is 114 Å². The largest absolute Gasteiger partial charge is 0.486 e. The van der Waals surface area contributed by atoms with Gasteiger partial charge in [0.15, 0.2) is 11.5 Å². The minimum Gasteiger partial charge on any atom is -0.486 e. The van der Waals surface area contributed by atoms with Crippen LogP contribution in [0.4, 0.5) is 5.69 Å². The van der Waals surface area contributed by atoms with Crippen LogP contribution >= 0.6 is 0 Å². The molecule has 1 saturated heterocycles. The zero-order valence-corrected chi connectivity index (χ0v) is 11.5. The summed E-state index contributed by atoms with van der Waals surface area (Å²) in [4.78, 5) is 2.29. The minimum atomic E-state index is 0.604. The molecule has 0 radical (unpaired) electrons. The van der Waals surface area contributed by atoms with Crippen molar-refractivity contribution >= 4 is 5.69 Å². The van der Waals surface area contributed by atoms with E-state index < -0.39 is 0 Å². The van der Waals surface area contributed by atoms with Gasteiger partial charge in [-0.05, 0) is 31.5 Å². The summed E-state index contributed by atoms with van der Waals surface area (Å²) in [6.45, 7) is 3.48. The van der Waals surface area contributed by atoms with Crippen molar-refractivity contribution < 1.29 is 9.47 Å². The maximum Gasteiger partial charge on any atom is 0.163 e. The molecule has 1 aromatic carbocycles. The van der Waals surface area contributed by atoms with Crippen LogP contribution in [0.25, 0.3) is 0 Å². The fourth-order valence-corrected chi connectivity index (χ4v) is 2.79. The van der Waals surface area contributed by atoms with Gasteiger partial charge in [0.25, 0.3) is 0 Å². The van der Waals surface area contributed by atoms with Crippen LogP contribution < -0.4 is 19.7 Å². The second-order valence-electron chi connectivity index (χ2n) is 5.36. The molecule has 0 aliphatic carbocycles. The number of likely N-dealkylation sites (N-methyl/N-ethyl adjacent to an activating group) is 1. The predicted octanol–water partition coefficient (Wildman–Crippen LogP) is 2.04. The van der Waals surface area contributed by atoms with E-state index in [1.165, 1.54) is 24.9 Å². The third-order valence-electron chi connectivity index (χ3n) is 3.87. The molecule has 104 valence electrons. The summed E-state index contributed by atoms with van der Waals surface area (Å²) in [6, 6.07) is 6.80. The summed E-state index contributed by atoms with van der Waals surface area (Å²) >= 11 is 0. The SMILES string of the molecule is CN(CC1CCCCN1)c1ccc2c(c1)OCCO2. The Morgan fingerprint density at radius 3 is 2.84 bits per heavy atom. The molecule has 2 aliphatic rings. The Balaban J connectivity index is 1.67. The number of benzene rings is 1. The molecule has 19 heavy (non-hydrogen) atoms. The van der Waals surface area contributed by atoms with Gasteiger partial charge in [-0.25, -0.2) is 0 Å². The van der Waals surface area contributed by atoms with Gasteiger partial charge < -0.3 is 19.7 Å². The Bertz CT molecular complexity index is 430. The second kappa shape index (κ2) is 5.70. The number of fused-ring (bicyclic) bond motifs is 1. The molecule has 1 atom stereocenters. The highest BCUT2D eigenvalue weighted by molar-refractivity contribution is 5.56. The number of hydrogen-bond acceptors (Lipinski definition) is 4. The van der Waals surface area contributed by atoms with E-state index in [9.17, 15) is 0 Å². The average molecular weight is 262 g/mol. The molecule has 2 aliphatic heterocycles. The zero-order chi connectivity index (χ0) is 13.1. The van der Waals surface area contributed by atoms with E-state index >= 15 is 0 Å². The number of piperidine rings is 1. The fourth-order valence-electron chi connectivity index (χ4n) is 2.79. The van der Waals surface area contributed by atoms with E-state index in [2.05, 4.69) is 29.4 Å². The molecule has 1 unspecified atom stereocenters. The van der Waals surface area contributed by atoms with E-state index in [0.29, 0.717) is 19.3 Å². The van der Waals surface area contributed by atoms with Crippen LogP contribution in [0.3, 0.4) is 0 Å². The van der Waals surface area contributed by atoms with E-state index in [1.54, 1.807) is 0 Å². The molecule has 0 amide bonds. The van der Waals surface area contributed by atoms with E-state index in [1.807, 2.05) is 6.07 Å². The van der Waals surface area contributed by atoms with Gasteiger partial charge >= 0.3 is 0 Å².